The van der Waals surface area contributed by atoms with Gasteiger partial charge in [-0.25, -0.2) is 0 Å². The number of likely N-dealkylation sites (tertiary alicyclic amines) is 1. The Balaban J connectivity index is 1.96. The summed E-state index contributed by atoms with van der Waals surface area (Å²) in [5.74, 6) is 0.870. The van der Waals surface area contributed by atoms with Crippen molar-refractivity contribution in [2.75, 3.05) is 19.7 Å². The third-order valence-electron chi connectivity index (χ3n) is 4.45. The zero-order valence-electron chi connectivity index (χ0n) is 13.4. The van der Waals surface area contributed by atoms with Crippen LogP contribution in [0.3, 0.4) is 0 Å². The number of nitrogens with zero attached hydrogens (tertiary/aromatic N) is 1. The van der Waals surface area contributed by atoms with Crippen LogP contribution in [0.15, 0.2) is 24.3 Å². The number of aliphatic hydroxyl groups is 1. The molecule has 1 fully saturated rings. The highest BCUT2D eigenvalue weighted by Gasteiger charge is 2.22. The van der Waals surface area contributed by atoms with E-state index in [1.165, 1.54) is 32.1 Å². The first kappa shape index (κ1) is 16.3. The van der Waals surface area contributed by atoms with Crippen molar-refractivity contribution in [3.05, 3.63) is 29.8 Å². The van der Waals surface area contributed by atoms with Gasteiger partial charge in [-0.05, 0) is 50.4 Å². The van der Waals surface area contributed by atoms with Gasteiger partial charge in [-0.15, -0.1) is 0 Å². The maximum Gasteiger partial charge on any atom is 0.119 e. The standard InChI is InChI=1S/C18H29NO2/c1-3-16-8-6-5-7-13-19(16)14-18(20)15-9-11-17(12-10-15)21-4-2/h9-12,16,18,20H,3-8,13-14H2,1-2H3. The maximum absolute atomic E-state index is 10.5. The molecule has 0 aromatic heterocycles. The van der Waals surface area contributed by atoms with Crippen molar-refractivity contribution in [2.24, 2.45) is 0 Å². The van der Waals surface area contributed by atoms with Gasteiger partial charge in [0.25, 0.3) is 0 Å². The van der Waals surface area contributed by atoms with E-state index in [1.807, 2.05) is 31.2 Å². The van der Waals surface area contributed by atoms with Crippen molar-refractivity contribution in [1.82, 2.24) is 4.90 Å². The van der Waals surface area contributed by atoms with Gasteiger partial charge >= 0.3 is 0 Å². The monoisotopic (exact) mass is 291 g/mol. The fourth-order valence-corrected chi connectivity index (χ4v) is 3.22. The van der Waals surface area contributed by atoms with Gasteiger partial charge in [0.05, 0.1) is 12.7 Å². The van der Waals surface area contributed by atoms with E-state index in [2.05, 4.69) is 11.8 Å². The molecule has 118 valence electrons. The van der Waals surface area contributed by atoms with E-state index in [-0.39, 0.29) is 0 Å². The molecule has 3 heteroatoms. The van der Waals surface area contributed by atoms with E-state index < -0.39 is 6.10 Å². The first-order valence-electron chi connectivity index (χ1n) is 8.39. The average molecular weight is 291 g/mol. The van der Waals surface area contributed by atoms with Crippen LogP contribution in [0.5, 0.6) is 5.75 Å². The molecule has 0 aliphatic carbocycles. The second-order valence-corrected chi connectivity index (χ2v) is 5.92. The average Bonchev–Trinajstić information content (AvgIpc) is 2.73. The lowest BCUT2D eigenvalue weighted by Crippen LogP contribution is -2.37. The Morgan fingerprint density at radius 2 is 1.95 bits per heavy atom. The Hall–Kier alpha value is -1.06. The van der Waals surface area contributed by atoms with E-state index in [4.69, 9.17) is 4.74 Å². The highest BCUT2D eigenvalue weighted by atomic mass is 16.5. The molecule has 0 bridgehead atoms. The van der Waals surface area contributed by atoms with Crippen LogP contribution in [-0.4, -0.2) is 35.7 Å². The molecule has 3 nitrogen and oxygen atoms in total. The largest absolute Gasteiger partial charge is 0.494 e. The molecule has 1 N–H and O–H groups in total. The van der Waals surface area contributed by atoms with Crippen LogP contribution in [0.25, 0.3) is 0 Å². The van der Waals surface area contributed by atoms with Crippen molar-refractivity contribution >= 4 is 0 Å². The first-order valence-corrected chi connectivity index (χ1v) is 8.39. The lowest BCUT2D eigenvalue weighted by molar-refractivity contribution is 0.0865. The van der Waals surface area contributed by atoms with E-state index in [0.29, 0.717) is 12.6 Å². The molecule has 21 heavy (non-hydrogen) atoms. The van der Waals surface area contributed by atoms with E-state index in [1.54, 1.807) is 0 Å². The van der Waals surface area contributed by atoms with Crippen LogP contribution in [0.2, 0.25) is 0 Å². The molecule has 1 heterocycles. The predicted octanol–water partition coefficient (Wildman–Crippen LogP) is 3.77. The number of β-amino-alcohol motifs (C(OH)–C–C–N with tert-alkyl or cyclic N) is 1. The summed E-state index contributed by atoms with van der Waals surface area (Å²) in [5, 5.41) is 10.5. The minimum Gasteiger partial charge on any atom is -0.494 e. The van der Waals surface area contributed by atoms with Crippen LogP contribution >= 0.6 is 0 Å². The molecule has 1 aromatic carbocycles. The van der Waals surface area contributed by atoms with E-state index in [0.717, 1.165) is 24.4 Å². The zero-order valence-corrected chi connectivity index (χ0v) is 13.4. The number of aliphatic hydroxyl groups excluding tert-OH is 1. The van der Waals surface area contributed by atoms with Crippen LogP contribution < -0.4 is 4.74 Å². The second-order valence-electron chi connectivity index (χ2n) is 5.92. The van der Waals surface area contributed by atoms with Gasteiger partial charge in [0, 0.05) is 12.6 Å². The minimum absolute atomic E-state index is 0.409. The van der Waals surface area contributed by atoms with Gasteiger partial charge in [-0.2, -0.15) is 0 Å². The minimum atomic E-state index is -0.409. The Morgan fingerprint density at radius 1 is 1.19 bits per heavy atom. The zero-order chi connectivity index (χ0) is 15.1. The first-order chi connectivity index (χ1) is 10.2. The number of hydrogen-bond acceptors (Lipinski definition) is 3. The lowest BCUT2D eigenvalue weighted by Gasteiger charge is -2.31. The normalized spacial score (nSPS) is 21.8. The molecule has 2 unspecified atom stereocenters. The molecule has 0 spiro atoms. The number of ether oxygens (including phenoxy) is 1. The highest BCUT2D eigenvalue weighted by molar-refractivity contribution is 5.28. The summed E-state index contributed by atoms with van der Waals surface area (Å²) >= 11 is 0. The quantitative estimate of drug-likeness (QED) is 0.866. The van der Waals surface area contributed by atoms with Crippen molar-refractivity contribution in [3.8, 4) is 5.75 Å². The summed E-state index contributed by atoms with van der Waals surface area (Å²) < 4.78 is 5.45. The van der Waals surface area contributed by atoms with Crippen molar-refractivity contribution in [1.29, 1.82) is 0 Å². The summed E-state index contributed by atoms with van der Waals surface area (Å²) in [7, 11) is 0. The molecule has 0 radical (unpaired) electrons. The van der Waals surface area contributed by atoms with E-state index >= 15 is 0 Å². The van der Waals surface area contributed by atoms with Crippen molar-refractivity contribution in [2.45, 2.75) is 58.1 Å². The smallest absolute Gasteiger partial charge is 0.119 e. The van der Waals surface area contributed by atoms with Gasteiger partial charge in [0.1, 0.15) is 5.75 Å². The van der Waals surface area contributed by atoms with Crippen molar-refractivity contribution in [3.63, 3.8) is 0 Å². The van der Waals surface area contributed by atoms with Crippen LogP contribution in [0.1, 0.15) is 57.6 Å². The third-order valence-corrected chi connectivity index (χ3v) is 4.45. The van der Waals surface area contributed by atoms with Gasteiger partial charge < -0.3 is 9.84 Å². The number of rotatable bonds is 6. The summed E-state index contributed by atoms with van der Waals surface area (Å²) in [6.07, 6.45) is 5.95. The third kappa shape index (κ3) is 4.72. The van der Waals surface area contributed by atoms with Gasteiger partial charge in [0.15, 0.2) is 0 Å². The molecule has 1 saturated heterocycles. The van der Waals surface area contributed by atoms with Gasteiger partial charge in [-0.3, -0.25) is 4.90 Å². The predicted molar refractivity (Wildman–Crippen MR) is 86.7 cm³/mol. The summed E-state index contributed by atoms with van der Waals surface area (Å²) in [6.45, 7) is 6.77. The fourth-order valence-electron chi connectivity index (χ4n) is 3.22. The Morgan fingerprint density at radius 3 is 2.62 bits per heavy atom. The second kappa shape index (κ2) is 8.40. The Labute approximate surface area is 128 Å². The highest BCUT2D eigenvalue weighted by Crippen LogP contribution is 2.24. The van der Waals surface area contributed by atoms with E-state index in [9.17, 15) is 5.11 Å². The molecule has 0 amide bonds. The van der Waals surface area contributed by atoms with Crippen LogP contribution in [0, 0.1) is 0 Å². The summed E-state index contributed by atoms with van der Waals surface area (Å²) in [4.78, 5) is 2.48. The van der Waals surface area contributed by atoms with Crippen LogP contribution in [-0.2, 0) is 0 Å². The fraction of sp³-hybridized carbons (Fsp3) is 0.667. The summed E-state index contributed by atoms with van der Waals surface area (Å²) in [6, 6.07) is 8.48. The summed E-state index contributed by atoms with van der Waals surface area (Å²) in [5.41, 5.74) is 0.984. The lowest BCUT2D eigenvalue weighted by atomic mass is 10.1. The number of benzene rings is 1. The SMILES string of the molecule is CCOc1ccc(C(O)CN2CCCCCC2CC)cc1. The molecular formula is C18H29NO2. The molecule has 0 saturated carbocycles. The van der Waals surface area contributed by atoms with Crippen LogP contribution in [0.4, 0.5) is 0 Å². The molecule has 2 rings (SSSR count). The Kier molecular flexibility index (Phi) is 6.52. The number of hydrogen-bond donors (Lipinski definition) is 1. The topological polar surface area (TPSA) is 32.7 Å². The molecule has 2 atom stereocenters. The van der Waals surface area contributed by atoms with Gasteiger partial charge in [-0.1, -0.05) is 31.9 Å². The molecule has 1 aliphatic heterocycles. The van der Waals surface area contributed by atoms with Gasteiger partial charge in [0.2, 0.25) is 0 Å². The Bertz CT molecular complexity index is 404. The van der Waals surface area contributed by atoms with Crippen molar-refractivity contribution < 1.29 is 9.84 Å². The molecule has 1 aliphatic rings. The maximum atomic E-state index is 10.5. The molecule has 1 aromatic rings. The molecular weight excluding hydrogens is 262 g/mol.